The van der Waals surface area contributed by atoms with Gasteiger partial charge in [-0.05, 0) is 77.3 Å². The molecule has 2 aromatic heterocycles. The van der Waals surface area contributed by atoms with Crippen LogP contribution in [0.1, 0.15) is 63.3 Å². The Hall–Kier alpha value is -2.13. The van der Waals surface area contributed by atoms with E-state index in [0.717, 1.165) is 67.9 Å². The topological polar surface area (TPSA) is 92.6 Å². The molecular formula is C26H39N5O3. The van der Waals surface area contributed by atoms with E-state index in [4.69, 9.17) is 19.4 Å². The van der Waals surface area contributed by atoms with Crippen molar-refractivity contribution in [1.29, 1.82) is 0 Å². The van der Waals surface area contributed by atoms with Crippen LogP contribution in [0.5, 0.6) is 0 Å². The smallest absolute Gasteiger partial charge is 0.180 e. The largest absolute Gasteiger partial charge is 0.377 e. The van der Waals surface area contributed by atoms with Gasteiger partial charge in [0.25, 0.3) is 0 Å². The highest BCUT2D eigenvalue weighted by Crippen LogP contribution is 2.30. The Labute approximate surface area is 203 Å². The van der Waals surface area contributed by atoms with Crippen LogP contribution >= 0.6 is 0 Å². The van der Waals surface area contributed by atoms with E-state index in [1.54, 1.807) is 0 Å². The van der Waals surface area contributed by atoms with Gasteiger partial charge in [0.1, 0.15) is 17.7 Å². The molecule has 2 aromatic rings. The first kappa shape index (κ1) is 25.0. The van der Waals surface area contributed by atoms with Gasteiger partial charge in [-0.2, -0.15) is 0 Å². The Bertz CT molecular complexity index is 939. The summed E-state index contributed by atoms with van der Waals surface area (Å²) in [5.74, 6) is 1.53. The lowest BCUT2D eigenvalue weighted by Crippen LogP contribution is -2.48. The van der Waals surface area contributed by atoms with Crippen LogP contribution in [-0.2, 0) is 28.7 Å². The van der Waals surface area contributed by atoms with E-state index in [1.807, 2.05) is 45.0 Å². The Morgan fingerprint density at radius 3 is 2.76 bits per heavy atom. The van der Waals surface area contributed by atoms with Gasteiger partial charge in [0, 0.05) is 36.6 Å². The first-order chi connectivity index (χ1) is 16.3. The molecule has 186 valence electrons. The van der Waals surface area contributed by atoms with Gasteiger partial charge in [-0.15, -0.1) is 0 Å². The summed E-state index contributed by atoms with van der Waals surface area (Å²) in [4.78, 5) is 16.4. The predicted molar refractivity (Wildman–Crippen MR) is 133 cm³/mol. The number of hydrogen-bond donors (Lipinski definition) is 2. The molecule has 0 amide bonds. The summed E-state index contributed by atoms with van der Waals surface area (Å²) >= 11 is 0. The molecule has 2 aliphatic rings. The molecule has 0 aromatic carbocycles. The molecule has 1 aliphatic heterocycles. The number of pyridine rings is 1. The highest BCUT2D eigenvalue weighted by Gasteiger charge is 2.24. The maximum absolute atomic E-state index is 10.5. The number of aryl methyl sites for hydroxylation is 1. The van der Waals surface area contributed by atoms with Gasteiger partial charge in [-0.1, -0.05) is 6.07 Å². The summed E-state index contributed by atoms with van der Waals surface area (Å²) < 4.78 is 11.5. The number of aromatic nitrogens is 3. The fraction of sp³-hybridized carbons (Fsp3) is 0.654. The zero-order valence-electron chi connectivity index (χ0n) is 21.0. The van der Waals surface area contributed by atoms with Crippen LogP contribution in [0.4, 0.5) is 5.82 Å². The quantitative estimate of drug-likeness (QED) is 0.541. The maximum Gasteiger partial charge on any atom is 0.180 e. The lowest BCUT2D eigenvalue weighted by atomic mass is 10.1. The van der Waals surface area contributed by atoms with Crippen molar-refractivity contribution in [2.45, 2.75) is 83.8 Å². The lowest BCUT2D eigenvalue weighted by Gasteiger charge is -2.29. The number of likely N-dealkylation sites (N-methyl/N-ethyl adjacent to an activating group) is 1. The molecule has 0 radical (unpaired) electrons. The molecule has 8 heteroatoms. The molecule has 2 unspecified atom stereocenters. The third-order valence-electron chi connectivity index (χ3n) is 6.21. The SMILES string of the molecule is CN(CC(O)NC(C)(C)C)c1nc(-c2ccc(CCOC3CCCCO3)cn2)nc2c1CCC2. The van der Waals surface area contributed by atoms with Gasteiger partial charge in [0.2, 0.25) is 0 Å². The Balaban J connectivity index is 1.43. The van der Waals surface area contributed by atoms with Gasteiger partial charge in [0.15, 0.2) is 12.1 Å². The van der Waals surface area contributed by atoms with Crippen molar-refractivity contribution in [2.24, 2.45) is 0 Å². The van der Waals surface area contributed by atoms with Crippen LogP contribution in [0, 0.1) is 0 Å². The van der Waals surface area contributed by atoms with Crippen molar-refractivity contribution in [3.63, 3.8) is 0 Å². The fourth-order valence-electron chi connectivity index (χ4n) is 4.59. The van der Waals surface area contributed by atoms with Crippen molar-refractivity contribution in [1.82, 2.24) is 20.3 Å². The maximum atomic E-state index is 10.5. The molecule has 34 heavy (non-hydrogen) atoms. The van der Waals surface area contributed by atoms with E-state index in [1.165, 1.54) is 12.0 Å². The Morgan fingerprint density at radius 1 is 1.21 bits per heavy atom. The normalized spacial score (nSPS) is 19.1. The molecule has 2 N–H and O–H groups in total. The molecule has 2 atom stereocenters. The van der Waals surface area contributed by atoms with Crippen LogP contribution in [0.2, 0.25) is 0 Å². The minimum atomic E-state index is -0.654. The van der Waals surface area contributed by atoms with Gasteiger partial charge < -0.3 is 19.5 Å². The fourth-order valence-corrected chi connectivity index (χ4v) is 4.59. The van der Waals surface area contributed by atoms with Gasteiger partial charge in [0.05, 0.1) is 13.2 Å². The summed E-state index contributed by atoms with van der Waals surface area (Å²) in [6, 6.07) is 4.06. The highest BCUT2D eigenvalue weighted by molar-refractivity contribution is 5.58. The average Bonchev–Trinajstić information content (AvgIpc) is 3.27. The van der Waals surface area contributed by atoms with E-state index in [-0.39, 0.29) is 11.8 Å². The number of aliphatic hydroxyl groups excluding tert-OH is 1. The lowest BCUT2D eigenvalue weighted by molar-refractivity contribution is -0.161. The monoisotopic (exact) mass is 469 g/mol. The molecular weight excluding hydrogens is 430 g/mol. The van der Waals surface area contributed by atoms with Crippen LogP contribution in [0.3, 0.4) is 0 Å². The van der Waals surface area contributed by atoms with E-state index in [2.05, 4.69) is 16.4 Å². The minimum Gasteiger partial charge on any atom is -0.377 e. The van der Waals surface area contributed by atoms with Crippen molar-refractivity contribution >= 4 is 5.82 Å². The summed E-state index contributed by atoms with van der Waals surface area (Å²) in [6.45, 7) is 7.99. The highest BCUT2D eigenvalue weighted by atomic mass is 16.7. The predicted octanol–water partition coefficient (Wildman–Crippen LogP) is 3.26. The molecule has 3 heterocycles. The van der Waals surface area contributed by atoms with Gasteiger partial charge >= 0.3 is 0 Å². The van der Waals surface area contributed by atoms with Crippen LogP contribution < -0.4 is 10.2 Å². The summed E-state index contributed by atoms with van der Waals surface area (Å²) in [5.41, 5.74) is 4.00. The van der Waals surface area contributed by atoms with Gasteiger partial charge in [-0.25, -0.2) is 9.97 Å². The first-order valence-electron chi connectivity index (χ1n) is 12.5. The second kappa shape index (κ2) is 11.1. The third kappa shape index (κ3) is 6.72. The van der Waals surface area contributed by atoms with E-state index in [0.29, 0.717) is 19.0 Å². The molecule has 1 saturated heterocycles. The zero-order valence-corrected chi connectivity index (χ0v) is 21.0. The van der Waals surface area contributed by atoms with E-state index >= 15 is 0 Å². The zero-order chi connectivity index (χ0) is 24.1. The number of ether oxygens (including phenoxy) is 2. The second-order valence-corrected chi connectivity index (χ2v) is 10.4. The minimum absolute atomic E-state index is 0.0617. The Kier molecular flexibility index (Phi) is 8.14. The molecule has 0 saturated carbocycles. The van der Waals surface area contributed by atoms with Crippen molar-refractivity contribution in [3.8, 4) is 11.5 Å². The van der Waals surface area contributed by atoms with E-state index < -0.39 is 6.23 Å². The van der Waals surface area contributed by atoms with Crippen LogP contribution in [-0.4, -0.2) is 64.9 Å². The summed E-state index contributed by atoms with van der Waals surface area (Å²) in [6.07, 6.45) is 8.24. The van der Waals surface area contributed by atoms with E-state index in [9.17, 15) is 5.11 Å². The number of hydrogen-bond acceptors (Lipinski definition) is 8. The van der Waals surface area contributed by atoms with Crippen molar-refractivity contribution < 1.29 is 14.6 Å². The van der Waals surface area contributed by atoms with Crippen molar-refractivity contribution in [3.05, 3.63) is 35.2 Å². The number of anilines is 1. The number of nitrogens with one attached hydrogen (secondary N) is 1. The second-order valence-electron chi connectivity index (χ2n) is 10.4. The van der Waals surface area contributed by atoms with Gasteiger partial charge in [-0.3, -0.25) is 10.3 Å². The molecule has 0 spiro atoms. The molecule has 4 rings (SSSR count). The van der Waals surface area contributed by atoms with Crippen LogP contribution in [0.15, 0.2) is 18.3 Å². The average molecular weight is 470 g/mol. The number of aliphatic hydroxyl groups is 1. The van der Waals surface area contributed by atoms with Crippen molar-refractivity contribution in [2.75, 3.05) is 31.7 Å². The molecule has 8 nitrogen and oxygen atoms in total. The van der Waals surface area contributed by atoms with Crippen LogP contribution in [0.25, 0.3) is 11.5 Å². The third-order valence-corrected chi connectivity index (χ3v) is 6.21. The summed E-state index contributed by atoms with van der Waals surface area (Å²) in [7, 11) is 1.98. The molecule has 1 aliphatic carbocycles. The first-order valence-corrected chi connectivity index (χ1v) is 12.5. The number of nitrogens with zero attached hydrogens (tertiary/aromatic N) is 4. The Morgan fingerprint density at radius 2 is 2.06 bits per heavy atom. The molecule has 1 fully saturated rings. The number of fused-ring (bicyclic) bond motifs is 1. The molecule has 0 bridgehead atoms. The summed E-state index contributed by atoms with van der Waals surface area (Å²) in [5, 5.41) is 13.7. The number of rotatable bonds is 9. The standard InChI is InChI=1S/C26H39N5O3/c1-26(2,3)30-22(32)17-31(4)25-19-8-7-9-20(19)28-24(29-25)21-12-11-18(16-27-21)13-15-34-23-10-5-6-14-33-23/h11-12,16,22-23,30,32H,5-10,13-15,17H2,1-4H3.